The van der Waals surface area contributed by atoms with E-state index in [-0.39, 0.29) is 0 Å². The number of nitrogens with one attached hydrogen (secondary N) is 5. The van der Waals surface area contributed by atoms with Crippen LogP contribution in [0.2, 0.25) is 0 Å². The summed E-state index contributed by atoms with van der Waals surface area (Å²) in [5.41, 5.74) is 1.04. The fraction of sp³-hybridized carbons (Fsp3) is 0.769. The molecule has 2 aliphatic rings. The molecule has 1 aliphatic carbocycles. The second-order valence-electron chi connectivity index (χ2n) is 10.0. The monoisotopic (exact) mass is 515 g/mol. The van der Waals surface area contributed by atoms with Crippen LogP contribution in [0, 0.1) is 0 Å². The van der Waals surface area contributed by atoms with E-state index in [1.165, 1.54) is 38.5 Å². The fourth-order valence-electron chi connectivity index (χ4n) is 4.94. The molecule has 1 saturated heterocycles. The first-order chi connectivity index (χ1) is 17.8. The Labute approximate surface area is 220 Å². The van der Waals surface area contributed by atoms with Crippen LogP contribution in [0.15, 0.2) is 6.07 Å². The van der Waals surface area contributed by atoms with Gasteiger partial charge in [0.05, 0.1) is 6.54 Å². The van der Waals surface area contributed by atoms with E-state index in [2.05, 4.69) is 54.8 Å². The van der Waals surface area contributed by atoms with Crippen molar-refractivity contribution < 1.29 is 0 Å². The minimum absolute atomic E-state index is 0.470. The van der Waals surface area contributed by atoms with Crippen molar-refractivity contribution in [1.82, 2.24) is 36.1 Å². The Bertz CT molecular complexity index is 878. The molecular weight excluding hydrogens is 470 g/mol. The van der Waals surface area contributed by atoms with E-state index in [4.69, 9.17) is 4.98 Å². The van der Waals surface area contributed by atoms with Crippen molar-refractivity contribution in [3.8, 4) is 0 Å². The van der Waals surface area contributed by atoms with E-state index in [1.807, 2.05) is 0 Å². The minimum Gasteiger partial charge on any atom is -0.367 e. The van der Waals surface area contributed by atoms with Gasteiger partial charge in [-0.1, -0.05) is 37.5 Å². The summed E-state index contributed by atoms with van der Waals surface area (Å²) in [4.78, 5) is 9.36. The molecule has 0 bridgehead atoms. The Morgan fingerprint density at radius 3 is 2.56 bits per heavy atom. The van der Waals surface area contributed by atoms with E-state index in [0.29, 0.717) is 18.5 Å². The van der Waals surface area contributed by atoms with Crippen LogP contribution in [0.1, 0.15) is 80.4 Å². The minimum atomic E-state index is 0.470. The Balaban J connectivity index is 1.11. The molecule has 0 aromatic carbocycles. The molecule has 36 heavy (non-hydrogen) atoms. The lowest BCUT2D eigenvalue weighted by Crippen LogP contribution is -2.35. The van der Waals surface area contributed by atoms with Crippen LogP contribution in [0.3, 0.4) is 0 Å². The summed E-state index contributed by atoms with van der Waals surface area (Å²) in [5.74, 6) is 1.57. The van der Waals surface area contributed by atoms with Gasteiger partial charge in [-0.15, -0.1) is 10.2 Å². The molecule has 2 fully saturated rings. The average Bonchev–Trinajstić information content (AvgIpc) is 3.38. The third-order valence-electron chi connectivity index (χ3n) is 7.05. The molecule has 10 heteroatoms. The highest BCUT2D eigenvalue weighted by Crippen LogP contribution is 2.18. The van der Waals surface area contributed by atoms with E-state index < -0.39 is 0 Å². The number of piperidine rings is 1. The summed E-state index contributed by atoms with van der Waals surface area (Å²) in [6.07, 6.45) is 13.3. The van der Waals surface area contributed by atoms with Gasteiger partial charge >= 0.3 is 0 Å². The van der Waals surface area contributed by atoms with Crippen molar-refractivity contribution in [3.05, 3.63) is 21.8 Å². The maximum atomic E-state index is 4.70. The van der Waals surface area contributed by atoms with Crippen molar-refractivity contribution in [1.29, 1.82) is 0 Å². The van der Waals surface area contributed by atoms with Gasteiger partial charge in [0.15, 0.2) is 0 Å². The largest absolute Gasteiger partial charge is 0.367 e. The molecule has 9 nitrogen and oxygen atoms in total. The summed E-state index contributed by atoms with van der Waals surface area (Å²) in [6, 6.07) is 3.30. The van der Waals surface area contributed by atoms with E-state index >= 15 is 0 Å². The van der Waals surface area contributed by atoms with E-state index in [0.717, 1.165) is 92.4 Å². The summed E-state index contributed by atoms with van der Waals surface area (Å²) in [5, 5.41) is 28.5. The summed E-state index contributed by atoms with van der Waals surface area (Å²) < 4.78 is 0. The van der Waals surface area contributed by atoms with Crippen molar-refractivity contribution >= 4 is 23.1 Å². The van der Waals surface area contributed by atoms with Crippen LogP contribution >= 0.6 is 11.3 Å². The molecule has 0 amide bonds. The zero-order valence-electron chi connectivity index (χ0n) is 21.9. The topological polar surface area (TPSA) is 112 Å². The highest BCUT2D eigenvalue weighted by atomic mass is 32.1. The number of anilines is 2. The first kappa shape index (κ1) is 27.2. The van der Waals surface area contributed by atoms with Crippen LogP contribution in [0.4, 0.5) is 11.8 Å². The second-order valence-corrected chi connectivity index (χ2v) is 11.2. The molecule has 2 aromatic rings. The summed E-state index contributed by atoms with van der Waals surface area (Å²) >= 11 is 1.68. The average molecular weight is 516 g/mol. The Morgan fingerprint density at radius 2 is 1.72 bits per heavy atom. The molecular formula is C26H45N9S. The predicted octanol–water partition coefficient (Wildman–Crippen LogP) is 3.50. The van der Waals surface area contributed by atoms with Crippen molar-refractivity contribution in [2.24, 2.45) is 0 Å². The molecule has 2 aromatic heterocycles. The van der Waals surface area contributed by atoms with Crippen LogP contribution in [-0.4, -0.2) is 65.0 Å². The number of hydrogen-bond acceptors (Lipinski definition) is 10. The molecule has 1 saturated carbocycles. The lowest BCUT2D eigenvalue weighted by atomic mass is 9.95. The predicted molar refractivity (Wildman–Crippen MR) is 149 cm³/mol. The number of aryl methyl sites for hydroxylation is 2. The number of hydrogen-bond donors (Lipinski definition) is 5. The van der Waals surface area contributed by atoms with Crippen LogP contribution < -0.4 is 26.6 Å². The maximum absolute atomic E-state index is 4.70. The number of aromatic nitrogens is 4. The lowest BCUT2D eigenvalue weighted by Gasteiger charge is -2.24. The van der Waals surface area contributed by atoms with Crippen LogP contribution in [0.5, 0.6) is 0 Å². The Morgan fingerprint density at radius 1 is 0.917 bits per heavy atom. The van der Waals surface area contributed by atoms with Gasteiger partial charge in [-0.3, -0.25) is 0 Å². The van der Waals surface area contributed by atoms with E-state index in [1.54, 1.807) is 11.3 Å². The van der Waals surface area contributed by atoms with Gasteiger partial charge in [0, 0.05) is 30.3 Å². The zero-order valence-corrected chi connectivity index (χ0v) is 22.8. The fourth-order valence-corrected chi connectivity index (χ4v) is 5.76. The molecule has 0 radical (unpaired) electrons. The van der Waals surface area contributed by atoms with Gasteiger partial charge < -0.3 is 26.6 Å². The van der Waals surface area contributed by atoms with Crippen molar-refractivity contribution in [2.45, 2.75) is 96.2 Å². The molecule has 0 unspecified atom stereocenters. The first-order valence-corrected chi connectivity index (χ1v) is 14.9. The first-order valence-electron chi connectivity index (χ1n) is 14.1. The second kappa shape index (κ2) is 15.4. The SMILES string of the molecule is CCc1cc(NC2CCNCC2)nc(NCc2nnc(CCCNCCCNC3CCCCC3)s2)n1. The molecule has 200 valence electrons. The summed E-state index contributed by atoms with van der Waals surface area (Å²) in [7, 11) is 0. The van der Waals surface area contributed by atoms with Crippen LogP contribution in [-0.2, 0) is 19.4 Å². The van der Waals surface area contributed by atoms with Crippen molar-refractivity contribution in [2.75, 3.05) is 43.4 Å². The molecule has 5 N–H and O–H groups in total. The van der Waals surface area contributed by atoms with Crippen LogP contribution in [0.25, 0.3) is 0 Å². The third kappa shape index (κ3) is 9.53. The van der Waals surface area contributed by atoms with Gasteiger partial charge in [0.25, 0.3) is 0 Å². The molecule has 4 rings (SSSR count). The number of rotatable bonds is 15. The maximum Gasteiger partial charge on any atom is 0.225 e. The van der Waals surface area contributed by atoms with Crippen molar-refractivity contribution in [3.63, 3.8) is 0 Å². The zero-order chi connectivity index (χ0) is 24.8. The molecule has 0 spiro atoms. The highest BCUT2D eigenvalue weighted by molar-refractivity contribution is 7.11. The van der Waals surface area contributed by atoms with Gasteiger partial charge in [-0.25, -0.2) is 4.98 Å². The standard InChI is InChI=1S/C26H45N9S/c1-2-20-18-23(31-22-11-16-28-17-12-22)33-26(32-20)30-19-25-35-34-24(36-25)10-6-13-27-14-7-15-29-21-8-4-3-5-9-21/h18,21-22,27-29H,2-17,19H2,1H3,(H2,30,31,32,33). The normalized spacial score (nSPS) is 17.4. The number of nitrogens with zero attached hydrogens (tertiary/aromatic N) is 4. The Hall–Kier alpha value is -1.88. The smallest absolute Gasteiger partial charge is 0.225 e. The quantitative estimate of drug-likeness (QED) is 0.228. The molecule has 3 heterocycles. The lowest BCUT2D eigenvalue weighted by molar-refractivity contribution is 0.371. The molecule has 1 aliphatic heterocycles. The van der Waals surface area contributed by atoms with Gasteiger partial charge in [0.2, 0.25) is 5.95 Å². The van der Waals surface area contributed by atoms with Gasteiger partial charge in [0.1, 0.15) is 15.8 Å². The Kier molecular flexibility index (Phi) is 11.6. The van der Waals surface area contributed by atoms with Gasteiger partial charge in [-0.05, 0) is 77.7 Å². The van der Waals surface area contributed by atoms with E-state index in [9.17, 15) is 0 Å². The summed E-state index contributed by atoms with van der Waals surface area (Å²) in [6.45, 7) is 8.08. The third-order valence-corrected chi connectivity index (χ3v) is 8.03. The van der Waals surface area contributed by atoms with Gasteiger partial charge in [-0.2, -0.15) is 4.98 Å². The molecule has 0 atom stereocenters. The highest BCUT2D eigenvalue weighted by Gasteiger charge is 2.15.